The molecule has 1 aliphatic heterocycles. The number of hydrogen-bond acceptors (Lipinski definition) is 2. The van der Waals surface area contributed by atoms with Gasteiger partial charge in [-0.15, -0.1) is 5.46 Å². The summed E-state index contributed by atoms with van der Waals surface area (Å²) in [6.07, 6.45) is 2.37. The van der Waals surface area contributed by atoms with E-state index in [-0.39, 0.29) is 0 Å². The Bertz CT molecular complexity index is 431. The fourth-order valence-electron chi connectivity index (χ4n) is 2.39. The number of ether oxygens (including phenoxy) is 1. The van der Waals surface area contributed by atoms with Gasteiger partial charge < -0.3 is 17.7 Å². The minimum absolute atomic E-state index is 0.298. The van der Waals surface area contributed by atoms with Crippen molar-refractivity contribution in [2.75, 3.05) is 26.2 Å². The Morgan fingerprint density at radius 1 is 1.25 bits per heavy atom. The van der Waals surface area contributed by atoms with E-state index in [1.54, 1.807) is 6.07 Å². The minimum Gasteiger partial charge on any atom is -0.492 e. The van der Waals surface area contributed by atoms with Gasteiger partial charge in [-0.1, -0.05) is 19.1 Å². The Balaban J connectivity index is 1.79. The average molecular weight is 286 g/mol. The number of nitrogens with zero attached hydrogens (tertiary/aromatic N) is 1. The zero-order chi connectivity index (χ0) is 14.6. The smallest absolute Gasteiger partial charge is 0.492 e. The molecule has 1 heterocycles. The van der Waals surface area contributed by atoms with Gasteiger partial charge in [0.25, 0.3) is 0 Å². The van der Waals surface area contributed by atoms with E-state index >= 15 is 0 Å². The summed E-state index contributed by atoms with van der Waals surface area (Å²) in [5.74, 6) is 1.07. The van der Waals surface area contributed by atoms with Gasteiger partial charge in [0, 0.05) is 6.54 Å². The topological polar surface area (TPSA) is 12.5 Å². The Morgan fingerprint density at radius 2 is 1.95 bits per heavy atom. The van der Waals surface area contributed by atoms with Crippen LogP contribution in [0.2, 0.25) is 0 Å². The molecule has 0 amide bonds. The van der Waals surface area contributed by atoms with Crippen molar-refractivity contribution in [3.8, 4) is 5.75 Å². The number of rotatable bonds is 5. The van der Waals surface area contributed by atoms with E-state index in [2.05, 4.69) is 11.8 Å². The van der Waals surface area contributed by atoms with Crippen LogP contribution in [-0.4, -0.2) is 38.1 Å². The van der Waals surface area contributed by atoms with E-state index in [0.717, 1.165) is 37.7 Å². The fraction of sp³-hybridized carbons (Fsp3) is 0.571. The Labute approximate surface area is 118 Å². The standard InChI is InChI=1S/C14H20BF3NO/c1-12-5-7-19(8-6-12)9-10-20-14-4-2-3-13(11-14)15(16,17)18/h2-4,11-12H,5-10H2,1H3/q-1. The molecule has 0 saturated carbocycles. The van der Waals surface area contributed by atoms with Crippen molar-refractivity contribution in [1.82, 2.24) is 4.90 Å². The van der Waals surface area contributed by atoms with Gasteiger partial charge in [-0.3, -0.25) is 4.90 Å². The van der Waals surface area contributed by atoms with Gasteiger partial charge in [0.2, 0.25) is 0 Å². The van der Waals surface area contributed by atoms with Crippen LogP contribution in [0.4, 0.5) is 12.9 Å². The lowest BCUT2D eigenvalue weighted by molar-refractivity contribution is 0.160. The first-order valence-corrected chi connectivity index (χ1v) is 7.10. The second kappa shape index (κ2) is 6.52. The zero-order valence-electron chi connectivity index (χ0n) is 11.7. The third kappa shape index (κ3) is 4.44. The molecule has 0 spiro atoms. The molecule has 1 aromatic carbocycles. The third-order valence-corrected chi connectivity index (χ3v) is 3.79. The molecule has 1 aliphatic rings. The average Bonchev–Trinajstić information content (AvgIpc) is 2.40. The summed E-state index contributed by atoms with van der Waals surface area (Å²) in [6, 6.07) is 5.13. The number of hydrogen-bond donors (Lipinski definition) is 0. The summed E-state index contributed by atoms with van der Waals surface area (Å²) in [4.78, 5) is 2.30. The largest absolute Gasteiger partial charge is 0.509 e. The molecule has 1 aromatic rings. The Hall–Kier alpha value is -1.17. The summed E-state index contributed by atoms with van der Waals surface area (Å²) >= 11 is 0. The van der Waals surface area contributed by atoms with Crippen LogP contribution in [0.25, 0.3) is 0 Å². The number of piperidine rings is 1. The van der Waals surface area contributed by atoms with Gasteiger partial charge >= 0.3 is 6.98 Å². The summed E-state index contributed by atoms with van der Waals surface area (Å²) in [6.45, 7) is 0.602. The van der Waals surface area contributed by atoms with Gasteiger partial charge in [-0.25, -0.2) is 0 Å². The maximum absolute atomic E-state index is 12.6. The van der Waals surface area contributed by atoms with Crippen LogP contribution in [0, 0.1) is 5.92 Å². The first-order valence-electron chi connectivity index (χ1n) is 7.10. The van der Waals surface area contributed by atoms with Gasteiger partial charge in [0.05, 0.1) is 0 Å². The fourth-order valence-corrected chi connectivity index (χ4v) is 2.39. The minimum atomic E-state index is -4.95. The summed E-state index contributed by atoms with van der Waals surface area (Å²) in [5.41, 5.74) is -0.603. The second-order valence-electron chi connectivity index (χ2n) is 5.52. The number of likely N-dealkylation sites (tertiary alicyclic amines) is 1. The summed E-state index contributed by atoms with van der Waals surface area (Å²) in [7, 11) is 0. The predicted molar refractivity (Wildman–Crippen MR) is 75.5 cm³/mol. The quantitative estimate of drug-likeness (QED) is 0.772. The highest BCUT2D eigenvalue weighted by Gasteiger charge is 2.25. The van der Waals surface area contributed by atoms with Crippen LogP contribution in [0.15, 0.2) is 24.3 Å². The molecular weight excluding hydrogens is 266 g/mol. The lowest BCUT2D eigenvalue weighted by Gasteiger charge is -2.30. The van der Waals surface area contributed by atoms with E-state index in [0.29, 0.717) is 12.4 Å². The van der Waals surface area contributed by atoms with Crippen molar-refractivity contribution in [1.29, 1.82) is 0 Å². The van der Waals surface area contributed by atoms with Crippen LogP contribution in [0.3, 0.4) is 0 Å². The molecule has 6 heteroatoms. The van der Waals surface area contributed by atoms with Crippen molar-refractivity contribution in [2.45, 2.75) is 19.8 Å². The molecule has 0 N–H and O–H groups in total. The molecule has 0 aliphatic carbocycles. The predicted octanol–water partition coefficient (Wildman–Crippen LogP) is 2.85. The lowest BCUT2D eigenvalue weighted by atomic mass is 9.80. The van der Waals surface area contributed by atoms with Crippen LogP contribution >= 0.6 is 0 Å². The molecule has 0 radical (unpaired) electrons. The van der Waals surface area contributed by atoms with Crippen LogP contribution < -0.4 is 10.2 Å². The normalized spacial score (nSPS) is 18.2. The molecule has 1 fully saturated rings. The number of halogens is 3. The molecule has 112 valence electrons. The molecule has 1 saturated heterocycles. The van der Waals surface area contributed by atoms with Gasteiger partial charge in [-0.05, 0) is 44.0 Å². The third-order valence-electron chi connectivity index (χ3n) is 3.79. The first kappa shape index (κ1) is 15.2. The molecule has 0 bridgehead atoms. The van der Waals surface area contributed by atoms with Crippen molar-refractivity contribution < 1.29 is 17.7 Å². The highest BCUT2D eigenvalue weighted by atomic mass is 19.4. The summed E-state index contributed by atoms with van der Waals surface area (Å²) in [5, 5.41) is 0. The van der Waals surface area contributed by atoms with Crippen molar-refractivity contribution in [2.24, 2.45) is 5.92 Å². The highest BCUT2D eigenvalue weighted by molar-refractivity contribution is 6.73. The first-order chi connectivity index (χ1) is 9.45. The molecule has 0 atom stereocenters. The monoisotopic (exact) mass is 286 g/mol. The van der Waals surface area contributed by atoms with E-state index in [9.17, 15) is 12.9 Å². The van der Waals surface area contributed by atoms with E-state index < -0.39 is 12.4 Å². The molecule has 20 heavy (non-hydrogen) atoms. The molecular formula is C14H20BF3NO-. The second-order valence-corrected chi connectivity index (χ2v) is 5.52. The van der Waals surface area contributed by atoms with E-state index in [4.69, 9.17) is 4.74 Å². The van der Waals surface area contributed by atoms with Gasteiger partial charge in [0.1, 0.15) is 12.4 Å². The van der Waals surface area contributed by atoms with Crippen molar-refractivity contribution in [3.05, 3.63) is 24.3 Å². The van der Waals surface area contributed by atoms with Gasteiger partial charge in [-0.2, -0.15) is 0 Å². The number of benzene rings is 1. The molecule has 2 rings (SSSR count). The highest BCUT2D eigenvalue weighted by Crippen LogP contribution is 2.17. The molecule has 0 unspecified atom stereocenters. The van der Waals surface area contributed by atoms with E-state index in [1.807, 2.05) is 0 Å². The maximum atomic E-state index is 12.6. The van der Waals surface area contributed by atoms with Crippen LogP contribution in [-0.2, 0) is 0 Å². The van der Waals surface area contributed by atoms with E-state index in [1.165, 1.54) is 18.9 Å². The Morgan fingerprint density at radius 3 is 2.60 bits per heavy atom. The lowest BCUT2D eigenvalue weighted by Crippen LogP contribution is -2.36. The summed E-state index contributed by atoms with van der Waals surface area (Å²) < 4.78 is 43.3. The van der Waals surface area contributed by atoms with Crippen molar-refractivity contribution in [3.63, 3.8) is 0 Å². The maximum Gasteiger partial charge on any atom is 0.509 e. The molecule has 0 aromatic heterocycles. The van der Waals surface area contributed by atoms with Gasteiger partial charge in [0.15, 0.2) is 0 Å². The molecule has 2 nitrogen and oxygen atoms in total. The Kier molecular flexibility index (Phi) is 4.97. The van der Waals surface area contributed by atoms with Crippen molar-refractivity contribution >= 4 is 12.4 Å². The van der Waals surface area contributed by atoms with Crippen LogP contribution in [0.1, 0.15) is 19.8 Å². The van der Waals surface area contributed by atoms with Crippen LogP contribution in [0.5, 0.6) is 5.75 Å². The SMILES string of the molecule is CC1CCN(CCOc2cccc([B-](F)(F)F)c2)CC1. The zero-order valence-corrected chi connectivity index (χ0v) is 11.7.